The Morgan fingerprint density at radius 2 is 1.83 bits per heavy atom. The van der Waals surface area contributed by atoms with Gasteiger partial charge in [-0.3, -0.25) is 9.20 Å². The average Bonchev–Trinajstić information content (AvgIpc) is 2.76. The van der Waals surface area contributed by atoms with Crippen molar-refractivity contribution in [2.24, 2.45) is 0 Å². The molecule has 1 amide bonds. The molecule has 24 heavy (non-hydrogen) atoms. The van der Waals surface area contributed by atoms with Gasteiger partial charge in [0.05, 0.1) is 11.3 Å². The summed E-state index contributed by atoms with van der Waals surface area (Å²) in [7, 11) is 0. The second-order valence-electron chi connectivity index (χ2n) is 5.71. The second-order valence-corrected chi connectivity index (χ2v) is 6.65. The third-order valence-corrected chi connectivity index (χ3v) is 4.91. The second kappa shape index (κ2) is 7.00. The van der Waals surface area contributed by atoms with E-state index in [-0.39, 0.29) is 11.7 Å². The minimum atomic E-state index is -4.43. The zero-order chi connectivity index (χ0) is 17.2. The molecule has 1 saturated heterocycles. The van der Waals surface area contributed by atoms with Gasteiger partial charge in [-0.2, -0.15) is 13.2 Å². The van der Waals surface area contributed by atoms with Gasteiger partial charge in [0, 0.05) is 19.3 Å². The number of nitrogens with zero attached hydrogens (tertiary/aromatic N) is 4. The van der Waals surface area contributed by atoms with Crippen LogP contribution in [0, 0.1) is 0 Å². The van der Waals surface area contributed by atoms with Crippen LogP contribution in [0.5, 0.6) is 0 Å². The first-order valence-electron chi connectivity index (χ1n) is 7.78. The quantitative estimate of drug-likeness (QED) is 0.791. The van der Waals surface area contributed by atoms with E-state index in [4.69, 9.17) is 0 Å². The minimum absolute atomic E-state index is 0.00868. The molecule has 0 unspecified atom stereocenters. The van der Waals surface area contributed by atoms with E-state index >= 15 is 0 Å². The normalized spacial score (nSPS) is 16.4. The van der Waals surface area contributed by atoms with Gasteiger partial charge in [0.25, 0.3) is 0 Å². The van der Waals surface area contributed by atoms with Crippen molar-refractivity contribution in [3.05, 3.63) is 23.9 Å². The Morgan fingerprint density at radius 1 is 1.12 bits per heavy atom. The van der Waals surface area contributed by atoms with Gasteiger partial charge >= 0.3 is 6.18 Å². The molecule has 1 fully saturated rings. The predicted molar refractivity (Wildman–Crippen MR) is 83.8 cm³/mol. The Bertz CT molecular complexity index is 723. The van der Waals surface area contributed by atoms with Crippen LogP contribution < -0.4 is 0 Å². The number of alkyl halides is 3. The standard InChI is InChI=1S/C15H17F3N4OS/c16-15(17,18)11-5-6-12-19-20-14(22(12)9-11)24-10-13(23)21-7-3-1-2-4-8-21/h5-6,9H,1-4,7-8,10H2. The lowest BCUT2D eigenvalue weighted by atomic mass is 10.2. The molecule has 0 N–H and O–H groups in total. The summed E-state index contributed by atoms with van der Waals surface area (Å²) >= 11 is 1.12. The molecule has 3 rings (SSSR count). The fourth-order valence-electron chi connectivity index (χ4n) is 2.67. The summed E-state index contributed by atoms with van der Waals surface area (Å²) < 4.78 is 39.8. The number of amides is 1. The Labute approximate surface area is 141 Å². The molecule has 0 radical (unpaired) electrons. The lowest BCUT2D eigenvalue weighted by molar-refractivity contribution is -0.138. The number of carbonyl (C=O) groups excluding carboxylic acids is 1. The molecular weight excluding hydrogens is 341 g/mol. The monoisotopic (exact) mass is 358 g/mol. The number of pyridine rings is 1. The summed E-state index contributed by atoms with van der Waals surface area (Å²) in [4.78, 5) is 14.1. The maximum absolute atomic E-state index is 12.8. The molecule has 9 heteroatoms. The van der Waals surface area contributed by atoms with E-state index in [0.717, 1.165) is 62.8 Å². The van der Waals surface area contributed by atoms with Crippen LogP contribution in [0.4, 0.5) is 13.2 Å². The van der Waals surface area contributed by atoms with E-state index in [0.29, 0.717) is 10.8 Å². The molecule has 5 nitrogen and oxygen atoms in total. The van der Waals surface area contributed by atoms with Crippen LogP contribution >= 0.6 is 11.8 Å². The molecule has 0 aromatic carbocycles. The SMILES string of the molecule is O=C(CSc1nnc2ccc(C(F)(F)F)cn12)N1CCCCCC1. The number of likely N-dealkylation sites (tertiary alicyclic amines) is 1. The van der Waals surface area contributed by atoms with Crippen molar-refractivity contribution in [1.82, 2.24) is 19.5 Å². The molecule has 130 valence electrons. The summed E-state index contributed by atoms with van der Waals surface area (Å²) in [6.45, 7) is 1.50. The van der Waals surface area contributed by atoms with E-state index in [9.17, 15) is 18.0 Å². The predicted octanol–water partition coefficient (Wildman–Crippen LogP) is 3.24. The van der Waals surface area contributed by atoms with Crippen molar-refractivity contribution in [2.75, 3.05) is 18.8 Å². The van der Waals surface area contributed by atoms with Crippen LogP contribution in [0.15, 0.2) is 23.5 Å². The van der Waals surface area contributed by atoms with Crippen molar-refractivity contribution in [3.63, 3.8) is 0 Å². The Hall–Kier alpha value is -1.77. The highest BCUT2D eigenvalue weighted by atomic mass is 32.2. The number of carbonyl (C=O) groups is 1. The van der Waals surface area contributed by atoms with Crippen molar-refractivity contribution in [1.29, 1.82) is 0 Å². The van der Waals surface area contributed by atoms with Crippen LogP contribution in [0.1, 0.15) is 31.2 Å². The van der Waals surface area contributed by atoms with E-state index in [2.05, 4.69) is 10.2 Å². The van der Waals surface area contributed by atoms with E-state index in [1.165, 1.54) is 10.5 Å². The Balaban J connectivity index is 1.71. The molecule has 0 saturated carbocycles. The fourth-order valence-corrected chi connectivity index (χ4v) is 3.49. The third kappa shape index (κ3) is 3.82. The molecule has 2 aromatic heterocycles. The lowest BCUT2D eigenvalue weighted by Crippen LogP contribution is -2.33. The highest BCUT2D eigenvalue weighted by Crippen LogP contribution is 2.30. The average molecular weight is 358 g/mol. The third-order valence-electron chi connectivity index (χ3n) is 3.98. The molecule has 3 heterocycles. The number of hydrogen-bond acceptors (Lipinski definition) is 4. The van der Waals surface area contributed by atoms with Crippen LogP contribution in [0.3, 0.4) is 0 Å². The molecule has 0 spiro atoms. The smallest absolute Gasteiger partial charge is 0.342 e. The van der Waals surface area contributed by atoms with Gasteiger partial charge in [-0.1, -0.05) is 24.6 Å². The van der Waals surface area contributed by atoms with Gasteiger partial charge in [-0.25, -0.2) is 0 Å². The lowest BCUT2D eigenvalue weighted by Gasteiger charge is -2.19. The summed E-state index contributed by atoms with van der Waals surface area (Å²) in [6, 6.07) is 2.25. The molecule has 0 atom stereocenters. The van der Waals surface area contributed by atoms with Gasteiger partial charge in [0.2, 0.25) is 5.91 Å². The van der Waals surface area contributed by atoms with Crippen molar-refractivity contribution >= 4 is 23.3 Å². The topological polar surface area (TPSA) is 50.5 Å². The molecule has 1 aliphatic heterocycles. The number of halogens is 3. The van der Waals surface area contributed by atoms with Gasteiger partial charge in [0.1, 0.15) is 0 Å². The van der Waals surface area contributed by atoms with E-state index in [1.807, 2.05) is 4.90 Å². The number of rotatable bonds is 3. The first kappa shape index (κ1) is 17.1. The largest absolute Gasteiger partial charge is 0.417 e. The summed E-state index contributed by atoms with van der Waals surface area (Å²) in [6.07, 6.45) is 0.798. The first-order valence-corrected chi connectivity index (χ1v) is 8.76. The van der Waals surface area contributed by atoms with Crippen LogP contribution in [-0.4, -0.2) is 44.2 Å². The van der Waals surface area contributed by atoms with E-state index < -0.39 is 11.7 Å². The maximum Gasteiger partial charge on any atom is 0.417 e. The van der Waals surface area contributed by atoms with Crippen molar-refractivity contribution in [2.45, 2.75) is 37.0 Å². The number of aromatic nitrogens is 3. The van der Waals surface area contributed by atoms with Crippen LogP contribution in [-0.2, 0) is 11.0 Å². The van der Waals surface area contributed by atoms with Crippen molar-refractivity contribution in [3.8, 4) is 0 Å². The van der Waals surface area contributed by atoms with Gasteiger partial charge in [-0.05, 0) is 25.0 Å². The first-order chi connectivity index (χ1) is 11.4. The maximum atomic E-state index is 12.8. The van der Waals surface area contributed by atoms with Gasteiger partial charge < -0.3 is 4.90 Å². The minimum Gasteiger partial charge on any atom is -0.342 e. The van der Waals surface area contributed by atoms with Crippen molar-refractivity contribution < 1.29 is 18.0 Å². The van der Waals surface area contributed by atoms with Gasteiger partial charge in [0.15, 0.2) is 10.8 Å². The number of thioether (sulfide) groups is 1. The summed E-state index contributed by atoms with van der Waals surface area (Å²) in [5.41, 5.74) is -0.441. The van der Waals surface area contributed by atoms with E-state index in [1.54, 1.807) is 0 Å². The highest BCUT2D eigenvalue weighted by molar-refractivity contribution is 7.99. The zero-order valence-electron chi connectivity index (χ0n) is 12.9. The summed E-state index contributed by atoms with van der Waals surface area (Å²) in [5, 5.41) is 8.03. The zero-order valence-corrected chi connectivity index (χ0v) is 13.7. The van der Waals surface area contributed by atoms with Gasteiger partial charge in [-0.15, -0.1) is 10.2 Å². The molecule has 0 aliphatic carbocycles. The number of fused-ring (bicyclic) bond motifs is 1. The Kier molecular flexibility index (Phi) is 4.98. The molecule has 1 aliphatic rings. The summed E-state index contributed by atoms with van der Waals surface area (Å²) in [5.74, 6) is 0.141. The molecule has 0 bridgehead atoms. The van der Waals surface area contributed by atoms with Crippen LogP contribution in [0.2, 0.25) is 0 Å². The highest BCUT2D eigenvalue weighted by Gasteiger charge is 2.31. The molecular formula is C15H17F3N4OS. The fraction of sp³-hybridized carbons (Fsp3) is 0.533. The Morgan fingerprint density at radius 3 is 2.50 bits per heavy atom. The number of hydrogen-bond donors (Lipinski definition) is 0. The van der Waals surface area contributed by atoms with Crippen LogP contribution in [0.25, 0.3) is 5.65 Å². The molecule has 2 aromatic rings.